The Morgan fingerprint density at radius 1 is 1.63 bits per heavy atom. The van der Waals surface area contributed by atoms with Crippen molar-refractivity contribution >= 4 is 28.3 Å². The Kier molecular flexibility index (Phi) is 4.98. The van der Waals surface area contributed by atoms with Gasteiger partial charge in [0.25, 0.3) is 0 Å². The molecule has 1 saturated heterocycles. The average molecular weight is 285 g/mol. The Hall–Kier alpha value is -1.34. The van der Waals surface area contributed by atoms with Crippen LogP contribution in [0.3, 0.4) is 0 Å². The van der Waals surface area contributed by atoms with E-state index in [4.69, 9.17) is 15.2 Å². The van der Waals surface area contributed by atoms with Gasteiger partial charge in [-0.2, -0.15) is 4.37 Å². The van der Waals surface area contributed by atoms with Gasteiger partial charge in [-0.05, 0) is 37.7 Å². The van der Waals surface area contributed by atoms with Crippen molar-refractivity contribution in [1.29, 1.82) is 0 Å². The third-order valence-electron chi connectivity index (χ3n) is 2.96. The number of rotatable bonds is 5. The molecule has 1 fully saturated rings. The summed E-state index contributed by atoms with van der Waals surface area (Å²) in [6.45, 7) is 3.55. The van der Waals surface area contributed by atoms with Crippen LogP contribution < -0.4 is 11.1 Å². The fraction of sp³-hybridized carbons (Fsp3) is 0.667. The van der Waals surface area contributed by atoms with Crippen molar-refractivity contribution < 1.29 is 14.3 Å². The molecule has 1 aromatic rings. The largest absolute Gasteiger partial charge is 0.462 e. The van der Waals surface area contributed by atoms with Gasteiger partial charge in [0.15, 0.2) is 5.82 Å². The highest BCUT2D eigenvalue weighted by Crippen LogP contribution is 2.28. The van der Waals surface area contributed by atoms with E-state index < -0.39 is 5.97 Å². The summed E-state index contributed by atoms with van der Waals surface area (Å²) in [5.41, 5.74) is 6.04. The molecule has 1 aromatic heterocycles. The molecule has 1 unspecified atom stereocenters. The number of carbonyl (C=O) groups is 1. The van der Waals surface area contributed by atoms with Crippen LogP contribution in [0.4, 0.5) is 10.8 Å². The summed E-state index contributed by atoms with van der Waals surface area (Å²) in [5, 5.41) is 3.85. The van der Waals surface area contributed by atoms with Crippen molar-refractivity contribution in [3.8, 4) is 0 Å². The molecule has 1 aliphatic rings. The van der Waals surface area contributed by atoms with Crippen LogP contribution >= 0.6 is 11.5 Å². The maximum absolute atomic E-state index is 11.8. The van der Waals surface area contributed by atoms with Crippen LogP contribution in [0.2, 0.25) is 0 Å². The quantitative estimate of drug-likeness (QED) is 0.803. The summed E-state index contributed by atoms with van der Waals surface area (Å²) in [6, 6.07) is 0. The molecule has 0 bridgehead atoms. The second-order valence-corrected chi connectivity index (χ2v) is 5.14. The third kappa shape index (κ3) is 3.57. The summed E-state index contributed by atoms with van der Waals surface area (Å²) < 4.78 is 14.6. The number of carbonyl (C=O) groups excluding carboxylic acids is 1. The molecular weight excluding hydrogens is 266 g/mol. The van der Waals surface area contributed by atoms with Crippen LogP contribution in [0.25, 0.3) is 0 Å². The van der Waals surface area contributed by atoms with Crippen molar-refractivity contribution in [2.75, 3.05) is 30.8 Å². The molecule has 19 heavy (non-hydrogen) atoms. The topological polar surface area (TPSA) is 86.5 Å². The number of nitrogens with two attached hydrogens (primary N) is 1. The van der Waals surface area contributed by atoms with E-state index in [1.807, 2.05) is 0 Å². The van der Waals surface area contributed by atoms with Gasteiger partial charge in [-0.1, -0.05) is 0 Å². The van der Waals surface area contributed by atoms with Gasteiger partial charge in [0.05, 0.1) is 12.7 Å². The Morgan fingerprint density at radius 2 is 2.47 bits per heavy atom. The zero-order chi connectivity index (χ0) is 13.7. The molecular formula is C12H19N3O3S. The molecule has 2 rings (SSSR count). The van der Waals surface area contributed by atoms with Gasteiger partial charge in [0, 0.05) is 13.2 Å². The standard InChI is InChI=1S/C12H19N3O3S/c1-2-17-12(16)9-10(13)15-19-11(9)14-7-8-5-3-4-6-18-8/h8,14H,2-7H2,1H3,(H2,13,15). The normalized spacial score (nSPS) is 19.1. The van der Waals surface area contributed by atoms with Crippen LogP contribution in [0.1, 0.15) is 36.5 Å². The predicted octanol–water partition coefficient (Wildman–Crippen LogP) is 1.88. The molecule has 0 aromatic carbocycles. The Labute approximate surface area is 116 Å². The number of hydrogen-bond donors (Lipinski definition) is 2. The highest BCUT2D eigenvalue weighted by molar-refractivity contribution is 7.11. The number of anilines is 2. The first-order chi connectivity index (χ1) is 9.22. The van der Waals surface area contributed by atoms with Gasteiger partial charge in [-0.15, -0.1) is 0 Å². The van der Waals surface area contributed by atoms with E-state index in [1.54, 1.807) is 6.92 Å². The lowest BCUT2D eigenvalue weighted by Gasteiger charge is -2.22. The van der Waals surface area contributed by atoms with Crippen molar-refractivity contribution in [3.63, 3.8) is 0 Å². The molecule has 0 saturated carbocycles. The number of nitrogens with one attached hydrogen (secondary N) is 1. The second kappa shape index (κ2) is 6.72. The zero-order valence-corrected chi connectivity index (χ0v) is 11.8. The van der Waals surface area contributed by atoms with E-state index in [0.29, 0.717) is 23.7 Å². The molecule has 0 amide bonds. The molecule has 1 aliphatic heterocycles. The van der Waals surface area contributed by atoms with Crippen LogP contribution in [-0.2, 0) is 9.47 Å². The summed E-state index contributed by atoms with van der Waals surface area (Å²) in [6.07, 6.45) is 3.53. The van der Waals surface area contributed by atoms with E-state index in [2.05, 4.69) is 9.69 Å². The molecule has 106 valence electrons. The number of hydrogen-bond acceptors (Lipinski definition) is 7. The number of nitrogen functional groups attached to an aromatic ring is 1. The molecule has 2 heterocycles. The first-order valence-corrected chi connectivity index (χ1v) is 7.27. The van der Waals surface area contributed by atoms with E-state index in [9.17, 15) is 4.79 Å². The molecule has 0 radical (unpaired) electrons. The summed E-state index contributed by atoms with van der Waals surface area (Å²) in [7, 11) is 0. The first kappa shape index (κ1) is 14.1. The van der Waals surface area contributed by atoms with E-state index in [0.717, 1.165) is 19.4 Å². The van der Waals surface area contributed by atoms with Gasteiger partial charge in [0.1, 0.15) is 10.6 Å². The lowest BCUT2D eigenvalue weighted by Crippen LogP contribution is -2.27. The lowest BCUT2D eigenvalue weighted by atomic mass is 10.1. The number of aromatic nitrogens is 1. The monoisotopic (exact) mass is 285 g/mol. The number of nitrogens with zero attached hydrogens (tertiary/aromatic N) is 1. The van der Waals surface area contributed by atoms with Crippen molar-refractivity contribution in [3.05, 3.63) is 5.56 Å². The maximum atomic E-state index is 11.8. The van der Waals surface area contributed by atoms with Crippen LogP contribution in [0.5, 0.6) is 0 Å². The number of esters is 1. The van der Waals surface area contributed by atoms with Gasteiger partial charge in [-0.25, -0.2) is 4.79 Å². The fourth-order valence-electron chi connectivity index (χ4n) is 2.00. The molecule has 6 nitrogen and oxygen atoms in total. The molecule has 3 N–H and O–H groups in total. The highest BCUT2D eigenvalue weighted by atomic mass is 32.1. The van der Waals surface area contributed by atoms with Gasteiger partial charge in [-0.3, -0.25) is 0 Å². The lowest BCUT2D eigenvalue weighted by molar-refractivity contribution is 0.0247. The summed E-state index contributed by atoms with van der Waals surface area (Å²) in [5.74, 6) is -0.212. The first-order valence-electron chi connectivity index (χ1n) is 6.50. The van der Waals surface area contributed by atoms with Crippen molar-refractivity contribution in [1.82, 2.24) is 4.37 Å². The summed E-state index contributed by atoms with van der Waals surface area (Å²) >= 11 is 1.18. The maximum Gasteiger partial charge on any atom is 0.344 e. The number of ether oxygens (including phenoxy) is 2. The third-order valence-corrected chi connectivity index (χ3v) is 3.78. The second-order valence-electron chi connectivity index (χ2n) is 4.36. The Morgan fingerprint density at radius 3 is 3.16 bits per heavy atom. The van der Waals surface area contributed by atoms with Gasteiger partial charge >= 0.3 is 5.97 Å². The summed E-state index contributed by atoms with van der Waals surface area (Å²) in [4.78, 5) is 11.8. The highest BCUT2D eigenvalue weighted by Gasteiger charge is 2.21. The smallest absolute Gasteiger partial charge is 0.344 e. The van der Waals surface area contributed by atoms with E-state index in [-0.39, 0.29) is 11.9 Å². The molecule has 1 atom stereocenters. The van der Waals surface area contributed by atoms with Crippen LogP contribution in [0.15, 0.2) is 0 Å². The average Bonchev–Trinajstić information content (AvgIpc) is 2.79. The van der Waals surface area contributed by atoms with Crippen LogP contribution in [-0.4, -0.2) is 36.2 Å². The van der Waals surface area contributed by atoms with Gasteiger partial charge < -0.3 is 20.5 Å². The predicted molar refractivity (Wildman–Crippen MR) is 74.6 cm³/mol. The minimum absolute atomic E-state index is 0.187. The van der Waals surface area contributed by atoms with E-state index >= 15 is 0 Å². The molecule has 0 aliphatic carbocycles. The Balaban J connectivity index is 1.97. The van der Waals surface area contributed by atoms with Crippen LogP contribution in [0, 0.1) is 0 Å². The SMILES string of the molecule is CCOC(=O)c1c(N)nsc1NCC1CCCCO1. The zero-order valence-electron chi connectivity index (χ0n) is 11.0. The Bertz CT molecular complexity index is 430. The van der Waals surface area contributed by atoms with Crippen molar-refractivity contribution in [2.45, 2.75) is 32.3 Å². The minimum atomic E-state index is -0.430. The molecule has 0 spiro atoms. The molecule has 7 heteroatoms. The minimum Gasteiger partial charge on any atom is -0.462 e. The fourth-order valence-corrected chi connectivity index (χ4v) is 2.71. The van der Waals surface area contributed by atoms with E-state index in [1.165, 1.54) is 18.0 Å². The van der Waals surface area contributed by atoms with Crippen molar-refractivity contribution in [2.24, 2.45) is 0 Å². The van der Waals surface area contributed by atoms with Gasteiger partial charge in [0.2, 0.25) is 0 Å².